The molecule has 0 atom stereocenters. The van der Waals surface area contributed by atoms with Gasteiger partial charge in [0.05, 0.1) is 0 Å². The van der Waals surface area contributed by atoms with Gasteiger partial charge >= 0.3 is 5.97 Å². The number of fused-ring (bicyclic) bond motifs is 1. The van der Waals surface area contributed by atoms with Gasteiger partial charge in [0.1, 0.15) is 5.54 Å². The summed E-state index contributed by atoms with van der Waals surface area (Å²) in [5.41, 5.74) is 1.47. The number of rotatable bonds is 4. The molecule has 1 aromatic rings. The first kappa shape index (κ1) is 14.4. The van der Waals surface area contributed by atoms with Gasteiger partial charge in [-0.05, 0) is 44.9 Å². The van der Waals surface area contributed by atoms with Crippen LogP contribution < -0.4 is 5.32 Å². The predicted octanol–water partition coefficient (Wildman–Crippen LogP) is 1.98. The maximum Gasteiger partial charge on any atom is 0.329 e. The van der Waals surface area contributed by atoms with Crippen LogP contribution in [0.15, 0.2) is 18.2 Å². The number of carboxylic acids is 1. The molecule has 1 heterocycles. The Balaban J connectivity index is 2.32. The average Bonchev–Trinajstić information content (AvgIpc) is 2.85. The molecule has 0 fully saturated rings. The van der Waals surface area contributed by atoms with Crippen molar-refractivity contribution in [3.63, 3.8) is 0 Å². The first-order valence-electron chi connectivity index (χ1n) is 6.80. The number of likely N-dealkylation sites (N-methyl/N-ethyl adjacent to an activating group) is 1. The molecule has 0 aromatic heterocycles. The molecule has 0 saturated carbocycles. The van der Waals surface area contributed by atoms with Crippen molar-refractivity contribution in [3.8, 4) is 0 Å². The van der Waals surface area contributed by atoms with Crippen molar-refractivity contribution in [1.29, 1.82) is 0 Å². The number of anilines is 1. The molecule has 0 unspecified atom stereocenters. The Kier molecular flexibility index (Phi) is 3.70. The smallest absolute Gasteiger partial charge is 0.329 e. The molecule has 0 bridgehead atoms. The summed E-state index contributed by atoms with van der Waals surface area (Å²) in [5.74, 6) is -1.26. The van der Waals surface area contributed by atoms with Crippen molar-refractivity contribution in [1.82, 2.24) is 4.90 Å². The summed E-state index contributed by atoms with van der Waals surface area (Å²) in [6.07, 6.45) is 0.960. The second-order valence-corrected chi connectivity index (χ2v) is 5.46. The molecule has 5 heteroatoms. The van der Waals surface area contributed by atoms with E-state index in [2.05, 4.69) is 5.32 Å². The number of nitrogens with one attached hydrogen (secondary N) is 1. The van der Waals surface area contributed by atoms with Crippen molar-refractivity contribution in [2.75, 3.05) is 18.4 Å². The molecule has 108 valence electrons. The molecule has 1 amide bonds. The van der Waals surface area contributed by atoms with Crippen LogP contribution in [0.25, 0.3) is 0 Å². The zero-order valence-electron chi connectivity index (χ0n) is 12.1. The predicted molar refractivity (Wildman–Crippen MR) is 77.1 cm³/mol. The van der Waals surface area contributed by atoms with E-state index in [1.807, 2.05) is 12.1 Å². The number of nitrogens with zero attached hydrogens (tertiary/aromatic N) is 1. The van der Waals surface area contributed by atoms with Crippen LogP contribution in [-0.4, -0.2) is 40.5 Å². The zero-order chi connectivity index (χ0) is 14.9. The second kappa shape index (κ2) is 5.15. The van der Waals surface area contributed by atoms with E-state index >= 15 is 0 Å². The summed E-state index contributed by atoms with van der Waals surface area (Å²) in [6, 6.07) is 5.52. The van der Waals surface area contributed by atoms with Gasteiger partial charge in [0.2, 0.25) is 0 Å². The normalized spacial score (nSPS) is 13.6. The largest absolute Gasteiger partial charge is 0.480 e. The highest BCUT2D eigenvalue weighted by Gasteiger charge is 2.37. The van der Waals surface area contributed by atoms with E-state index in [0.29, 0.717) is 12.1 Å². The van der Waals surface area contributed by atoms with Crippen LogP contribution in [0.5, 0.6) is 0 Å². The summed E-state index contributed by atoms with van der Waals surface area (Å²) in [7, 11) is 0. The molecule has 20 heavy (non-hydrogen) atoms. The maximum atomic E-state index is 12.6. The van der Waals surface area contributed by atoms with Crippen LogP contribution >= 0.6 is 0 Å². The Labute approximate surface area is 118 Å². The number of amides is 1. The van der Waals surface area contributed by atoms with Gasteiger partial charge in [-0.15, -0.1) is 0 Å². The van der Waals surface area contributed by atoms with E-state index in [1.165, 1.54) is 10.5 Å². The lowest BCUT2D eigenvalue weighted by molar-refractivity contribution is -0.147. The van der Waals surface area contributed by atoms with Gasteiger partial charge in [0, 0.05) is 24.3 Å². The number of hydrogen-bond donors (Lipinski definition) is 2. The minimum absolute atomic E-state index is 0.253. The lowest BCUT2D eigenvalue weighted by Crippen LogP contribution is -2.52. The summed E-state index contributed by atoms with van der Waals surface area (Å²) in [6.45, 7) is 6.10. The van der Waals surface area contributed by atoms with Crippen molar-refractivity contribution in [2.45, 2.75) is 32.7 Å². The highest BCUT2D eigenvalue weighted by molar-refractivity contribution is 5.98. The number of aliphatic carboxylic acids is 1. The molecule has 1 aromatic carbocycles. The third kappa shape index (κ3) is 2.35. The maximum absolute atomic E-state index is 12.6. The topological polar surface area (TPSA) is 69.6 Å². The third-order valence-corrected chi connectivity index (χ3v) is 3.83. The van der Waals surface area contributed by atoms with Gasteiger partial charge in [-0.25, -0.2) is 4.79 Å². The Morgan fingerprint density at radius 1 is 1.40 bits per heavy atom. The molecule has 2 rings (SSSR count). The fraction of sp³-hybridized carbons (Fsp3) is 0.467. The standard InChI is InChI=1S/C15H20N2O3/c1-4-17(15(2,3)14(19)20)13(18)11-6-5-10-7-8-16-12(10)9-11/h5-6,9,16H,4,7-8H2,1-3H3,(H,19,20). The summed E-state index contributed by atoms with van der Waals surface area (Å²) in [4.78, 5) is 25.3. The van der Waals surface area contributed by atoms with Crippen molar-refractivity contribution in [2.24, 2.45) is 0 Å². The highest BCUT2D eigenvalue weighted by atomic mass is 16.4. The number of benzene rings is 1. The fourth-order valence-corrected chi connectivity index (χ4v) is 2.49. The highest BCUT2D eigenvalue weighted by Crippen LogP contribution is 2.25. The molecule has 1 aliphatic rings. The van der Waals surface area contributed by atoms with Crippen LogP contribution in [0.3, 0.4) is 0 Å². The monoisotopic (exact) mass is 276 g/mol. The van der Waals surface area contributed by atoms with Gasteiger partial charge in [0.25, 0.3) is 5.91 Å². The molecule has 0 aliphatic carbocycles. The van der Waals surface area contributed by atoms with Crippen LogP contribution in [0.1, 0.15) is 36.7 Å². The summed E-state index contributed by atoms with van der Waals surface area (Å²) in [5, 5.41) is 12.5. The number of carbonyl (C=O) groups excluding carboxylic acids is 1. The van der Waals surface area contributed by atoms with E-state index in [1.54, 1.807) is 26.8 Å². The van der Waals surface area contributed by atoms with Gasteiger partial charge in [0.15, 0.2) is 0 Å². The van der Waals surface area contributed by atoms with Crippen molar-refractivity contribution in [3.05, 3.63) is 29.3 Å². The van der Waals surface area contributed by atoms with Gasteiger partial charge in [-0.2, -0.15) is 0 Å². The molecular formula is C15H20N2O3. The fourth-order valence-electron chi connectivity index (χ4n) is 2.49. The Bertz CT molecular complexity index is 552. The lowest BCUT2D eigenvalue weighted by atomic mass is 10.0. The Hall–Kier alpha value is -2.04. The quantitative estimate of drug-likeness (QED) is 0.882. The van der Waals surface area contributed by atoms with Gasteiger partial charge < -0.3 is 15.3 Å². The molecule has 1 aliphatic heterocycles. The summed E-state index contributed by atoms with van der Waals surface area (Å²) >= 11 is 0. The molecule has 2 N–H and O–H groups in total. The minimum Gasteiger partial charge on any atom is -0.480 e. The van der Waals surface area contributed by atoms with Crippen molar-refractivity contribution >= 4 is 17.6 Å². The summed E-state index contributed by atoms with van der Waals surface area (Å²) < 4.78 is 0. The molecular weight excluding hydrogens is 256 g/mol. The molecule has 5 nitrogen and oxygen atoms in total. The third-order valence-electron chi connectivity index (χ3n) is 3.83. The van der Waals surface area contributed by atoms with Gasteiger partial charge in [-0.3, -0.25) is 4.79 Å². The van der Waals surface area contributed by atoms with E-state index in [-0.39, 0.29) is 5.91 Å². The van der Waals surface area contributed by atoms with E-state index < -0.39 is 11.5 Å². The first-order chi connectivity index (χ1) is 9.37. The van der Waals surface area contributed by atoms with E-state index in [9.17, 15) is 14.7 Å². The zero-order valence-corrected chi connectivity index (χ0v) is 12.1. The average molecular weight is 276 g/mol. The Morgan fingerprint density at radius 2 is 2.10 bits per heavy atom. The van der Waals surface area contributed by atoms with E-state index in [0.717, 1.165) is 18.7 Å². The second-order valence-electron chi connectivity index (χ2n) is 5.46. The Morgan fingerprint density at radius 3 is 2.70 bits per heavy atom. The number of carbonyl (C=O) groups is 2. The molecule has 0 saturated heterocycles. The van der Waals surface area contributed by atoms with E-state index in [4.69, 9.17) is 0 Å². The first-order valence-corrected chi connectivity index (χ1v) is 6.80. The van der Waals surface area contributed by atoms with Crippen LogP contribution in [0.4, 0.5) is 5.69 Å². The lowest BCUT2D eigenvalue weighted by Gasteiger charge is -2.34. The molecule has 0 spiro atoms. The van der Waals surface area contributed by atoms with Crippen LogP contribution in [0.2, 0.25) is 0 Å². The number of carboxylic acid groups (broad SMARTS) is 1. The molecule has 0 radical (unpaired) electrons. The van der Waals surface area contributed by atoms with Crippen LogP contribution in [-0.2, 0) is 11.2 Å². The van der Waals surface area contributed by atoms with Crippen LogP contribution in [0, 0.1) is 0 Å². The SMILES string of the molecule is CCN(C(=O)c1ccc2c(c1)NCC2)C(C)(C)C(=O)O. The number of hydrogen-bond acceptors (Lipinski definition) is 3. The van der Waals surface area contributed by atoms with Crippen molar-refractivity contribution < 1.29 is 14.7 Å². The van der Waals surface area contributed by atoms with Gasteiger partial charge in [-0.1, -0.05) is 6.07 Å². The minimum atomic E-state index is -1.22.